The highest BCUT2D eigenvalue weighted by atomic mass is 31.1. The number of rotatable bonds is 6. The Kier molecular flexibility index (Phi) is 6.21. The average molecular weight is 451 g/mol. The summed E-state index contributed by atoms with van der Waals surface area (Å²) in [4.78, 5) is 17.4. The monoisotopic (exact) mass is 451 g/mol. The molecule has 164 valence electrons. The van der Waals surface area contributed by atoms with Gasteiger partial charge in [0.15, 0.2) is 18.9 Å². The van der Waals surface area contributed by atoms with Gasteiger partial charge in [-0.05, 0) is 37.6 Å². The standard InChI is InChI=1S/C21H23F3N4O2P/c1-6-30-19(29)20(2,27(3)31(4)5)17-11-12-25-18-16(13-26-28(17)18)14-7-9-15(10-8-14)21(22,23)24/h7-13H,4,6H2,1-3,5H3/q+1. The van der Waals surface area contributed by atoms with E-state index in [1.54, 1.807) is 33.2 Å². The summed E-state index contributed by atoms with van der Waals surface area (Å²) < 4.78 is 47.4. The van der Waals surface area contributed by atoms with Crippen LogP contribution in [0, 0.1) is 0 Å². The van der Waals surface area contributed by atoms with Gasteiger partial charge in [0.2, 0.25) is 0 Å². The van der Waals surface area contributed by atoms with E-state index in [1.165, 1.54) is 22.8 Å². The van der Waals surface area contributed by atoms with Crippen LogP contribution in [0.25, 0.3) is 16.8 Å². The second-order valence-electron chi connectivity index (χ2n) is 7.17. The molecule has 0 aliphatic carbocycles. The van der Waals surface area contributed by atoms with Crippen LogP contribution >= 0.6 is 7.70 Å². The molecule has 2 unspecified atom stereocenters. The van der Waals surface area contributed by atoms with Crippen molar-refractivity contribution >= 4 is 25.6 Å². The molecule has 6 nitrogen and oxygen atoms in total. The minimum Gasteiger partial charge on any atom is -0.464 e. The molecule has 31 heavy (non-hydrogen) atoms. The molecule has 3 aromatic rings. The van der Waals surface area contributed by atoms with Crippen LogP contribution in [0.1, 0.15) is 25.1 Å². The quantitative estimate of drug-likeness (QED) is 0.406. The fraction of sp³-hybridized carbons (Fsp3) is 0.333. The number of benzene rings is 1. The van der Waals surface area contributed by atoms with E-state index in [2.05, 4.69) is 16.4 Å². The van der Waals surface area contributed by atoms with E-state index >= 15 is 0 Å². The lowest BCUT2D eigenvalue weighted by molar-refractivity contribution is -0.154. The van der Waals surface area contributed by atoms with E-state index in [9.17, 15) is 18.0 Å². The minimum atomic E-state index is -4.41. The molecule has 0 aliphatic rings. The SMILES string of the molecule is C=[P+](C)N(C)C(C)(C(=O)OCC)c1ccnc2c(-c3ccc(C(F)(F)F)cc3)cnn12. The maximum atomic E-state index is 13.0. The molecule has 0 saturated carbocycles. The van der Waals surface area contributed by atoms with E-state index < -0.39 is 30.9 Å². The first-order chi connectivity index (χ1) is 14.5. The first kappa shape index (κ1) is 22.9. The second-order valence-corrected chi connectivity index (χ2v) is 9.09. The molecule has 0 N–H and O–H groups in total. The summed E-state index contributed by atoms with van der Waals surface area (Å²) in [5, 5.41) is 4.40. The summed E-state index contributed by atoms with van der Waals surface area (Å²) in [5.74, 6) is -0.449. The normalized spacial score (nSPS) is 14.5. The summed E-state index contributed by atoms with van der Waals surface area (Å²) >= 11 is 0. The Hall–Kier alpha value is -2.77. The van der Waals surface area contributed by atoms with Gasteiger partial charge < -0.3 is 4.74 Å². The number of likely N-dealkylation sites (N-methyl/N-ethyl adjacent to an activating group) is 1. The third-order valence-electron chi connectivity index (χ3n) is 5.26. The minimum absolute atomic E-state index is 0.213. The van der Waals surface area contributed by atoms with Crippen molar-refractivity contribution in [2.24, 2.45) is 0 Å². The van der Waals surface area contributed by atoms with Crippen molar-refractivity contribution in [1.29, 1.82) is 0 Å². The average Bonchev–Trinajstić information content (AvgIpc) is 3.16. The van der Waals surface area contributed by atoms with Crippen LogP contribution in [0.5, 0.6) is 0 Å². The smallest absolute Gasteiger partial charge is 0.416 e. The van der Waals surface area contributed by atoms with E-state index in [0.717, 1.165) is 12.1 Å². The highest BCUT2D eigenvalue weighted by molar-refractivity contribution is 7.52. The van der Waals surface area contributed by atoms with Crippen LogP contribution in [0.15, 0.2) is 42.7 Å². The van der Waals surface area contributed by atoms with Gasteiger partial charge in [-0.1, -0.05) is 12.1 Å². The lowest BCUT2D eigenvalue weighted by atomic mass is 9.97. The Labute approximate surface area is 179 Å². The fourth-order valence-electron chi connectivity index (χ4n) is 3.32. The van der Waals surface area contributed by atoms with Gasteiger partial charge >= 0.3 is 12.1 Å². The van der Waals surface area contributed by atoms with Gasteiger partial charge in [0.25, 0.3) is 0 Å². The summed E-state index contributed by atoms with van der Waals surface area (Å²) in [6, 6.07) is 6.49. The van der Waals surface area contributed by atoms with E-state index in [0.29, 0.717) is 22.5 Å². The molecule has 0 aliphatic heterocycles. The Bertz CT molecular complexity index is 1130. The molecule has 0 bridgehead atoms. The summed E-state index contributed by atoms with van der Waals surface area (Å²) in [6.07, 6.45) is 2.74. The second kappa shape index (κ2) is 8.40. The molecule has 0 spiro atoms. The van der Waals surface area contributed by atoms with Crippen LogP contribution < -0.4 is 0 Å². The van der Waals surface area contributed by atoms with Gasteiger partial charge in [0, 0.05) is 18.8 Å². The van der Waals surface area contributed by atoms with Gasteiger partial charge in [-0.15, -0.1) is 4.67 Å². The Morgan fingerprint density at radius 1 is 1.26 bits per heavy atom. The highest BCUT2D eigenvalue weighted by Crippen LogP contribution is 2.39. The Morgan fingerprint density at radius 3 is 2.45 bits per heavy atom. The number of esters is 1. The van der Waals surface area contributed by atoms with Crippen molar-refractivity contribution in [1.82, 2.24) is 19.3 Å². The van der Waals surface area contributed by atoms with Crippen LogP contribution in [0.4, 0.5) is 13.2 Å². The van der Waals surface area contributed by atoms with E-state index in [1.807, 2.05) is 11.3 Å². The third kappa shape index (κ3) is 4.07. The molecular formula is C21H23F3N4O2P+. The number of hydrogen-bond acceptors (Lipinski definition) is 5. The zero-order chi connectivity index (χ0) is 23.0. The maximum absolute atomic E-state index is 13.0. The van der Waals surface area contributed by atoms with Crippen molar-refractivity contribution in [3.8, 4) is 11.1 Å². The topological polar surface area (TPSA) is 59.7 Å². The zero-order valence-corrected chi connectivity index (χ0v) is 18.5. The van der Waals surface area contributed by atoms with Gasteiger partial charge in [-0.3, -0.25) is 0 Å². The lowest BCUT2D eigenvalue weighted by Crippen LogP contribution is -2.47. The molecule has 0 radical (unpaired) electrons. The van der Waals surface area contributed by atoms with Gasteiger partial charge in [-0.25, -0.2) is 14.3 Å². The predicted octanol–water partition coefficient (Wildman–Crippen LogP) is 4.58. The number of carbonyl (C=O) groups is 1. The Morgan fingerprint density at radius 2 is 1.90 bits per heavy atom. The molecule has 0 amide bonds. The summed E-state index contributed by atoms with van der Waals surface area (Å²) in [6.45, 7) is 5.60. The Balaban J connectivity index is 2.17. The van der Waals surface area contributed by atoms with Crippen LogP contribution in [-0.4, -0.2) is 51.9 Å². The van der Waals surface area contributed by atoms with Gasteiger partial charge in [0.1, 0.15) is 6.66 Å². The van der Waals surface area contributed by atoms with Crippen molar-refractivity contribution in [2.45, 2.75) is 25.6 Å². The molecule has 0 saturated heterocycles. The fourth-order valence-corrected chi connectivity index (χ4v) is 4.18. The third-order valence-corrected chi connectivity index (χ3v) is 6.68. The number of halogens is 3. The summed E-state index contributed by atoms with van der Waals surface area (Å²) in [5.41, 5.74) is 0.111. The number of carbonyl (C=O) groups excluding carboxylic acids is 1. The molecule has 10 heteroatoms. The number of fused-ring (bicyclic) bond motifs is 1. The van der Waals surface area contributed by atoms with Crippen molar-refractivity contribution in [2.75, 3.05) is 20.3 Å². The lowest BCUT2D eigenvalue weighted by Gasteiger charge is -2.31. The molecular weight excluding hydrogens is 428 g/mol. The molecule has 2 heterocycles. The first-order valence-corrected chi connectivity index (χ1v) is 11.4. The predicted molar refractivity (Wildman–Crippen MR) is 115 cm³/mol. The number of aromatic nitrogens is 3. The summed E-state index contributed by atoms with van der Waals surface area (Å²) in [7, 11) is 0.885. The van der Waals surface area contributed by atoms with Crippen molar-refractivity contribution in [3.63, 3.8) is 0 Å². The first-order valence-electron chi connectivity index (χ1n) is 9.47. The molecule has 2 aromatic heterocycles. The van der Waals surface area contributed by atoms with Gasteiger partial charge in [-0.2, -0.15) is 18.3 Å². The van der Waals surface area contributed by atoms with Crippen LogP contribution in [0.2, 0.25) is 0 Å². The largest absolute Gasteiger partial charge is 0.464 e. The van der Waals surface area contributed by atoms with Crippen molar-refractivity contribution < 1.29 is 22.7 Å². The molecule has 2 atom stereocenters. The molecule has 0 fully saturated rings. The van der Waals surface area contributed by atoms with Gasteiger partial charge in [0.05, 0.1) is 30.4 Å². The number of nitrogens with zero attached hydrogens (tertiary/aromatic N) is 4. The van der Waals surface area contributed by atoms with Crippen molar-refractivity contribution in [3.05, 3.63) is 54.0 Å². The van der Waals surface area contributed by atoms with Crippen LogP contribution in [0.3, 0.4) is 0 Å². The zero-order valence-electron chi connectivity index (χ0n) is 17.6. The van der Waals surface area contributed by atoms with E-state index in [-0.39, 0.29) is 6.61 Å². The number of hydrogen-bond donors (Lipinski definition) is 0. The highest BCUT2D eigenvalue weighted by Gasteiger charge is 2.48. The van der Waals surface area contributed by atoms with Crippen LogP contribution in [-0.2, 0) is 21.2 Å². The van der Waals surface area contributed by atoms with E-state index in [4.69, 9.17) is 4.74 Å². The number of alkyl halides is 3. The molecule has 3 rings (SSSR count). The molecule has 1 aromatic carbocycles. The maximum Gasteiger partial charge on any atom is 0.416 e. The number of ether oxygens (including phenoxy) is 1.